The number of carbonyl (C=O) groups excluding carboxylic acids is 1. The number of fused-ring (bicyclic) bond motifs is 2. The fourth-order valence-corrected chi connectivity index (χ4v) is 5.88. The number of ether oxygens (including phenoxy) is 1. The molecule has 2 N–H and O–H groups in total. The lowest BCUT2D eigenvalue weighted by Gasteiger charge is -2.33. The molecule has 9 nitrogen and oxygen atoms in total. The number of aryl methyl sites for hydroxylation is 1. The van der Waals surface area contributed by atoms with Gasteiger partial charge in [-0.3, -0.25) is 4.79 Å². The predicted octanol–water partition coefficient (Wildman–Crippen LogP) is 5.07. The number of aromatic nitrogens is 2. The first-order chi connectivity index (χ1) is 19.9. The molecule has 0 aliphatic carbocycles. The van der Waals surface area contributed by atoms with Gasteiger partial charge in [0.2, 0.25) is 5.91 Å². The van der Waals surface area contributed by atoms with Crippen LogP contribution < -0.4 is 5.32 Å². The highest BCUT2D eigenvalue weighted by atomic mass is 16.5. The van der Waals surface area contributed by atoms with Crippen molar-refractivity contribution in [1.29, 1.82) is 5.26 Å². The number of benzene rings is 3. The van der Waals surface area contributed by atoms with E-state index in [2.05, 4.69) is 22.0 Å². The fraction of sp³-hybridized carbons (Fsp3) is 0.375. The van der Waals surface area contributed by atoms with Crippen LogP contribution in [-0.2, 0) is 22.5 Å². The first-order valence-electron chi connectivity index (χ1n) is 14.1. The van der Waals surface area contributed by atoms with Crippen LogP contribution in [-0.4, -0.2) is 64.4 Å². The minimum absolute atomic E-state index is 0.0413. The third kappa shape index (κ3) is 6.67. The molecule has 2 atom stereocenters. The van der Waals surface area contributed by atoms with Gasteiger partial charge in [0, 0.05) is 51.7 Å². The summed E-state index contributed by atoms with van der Waals surface area (Å²) in [6.07, 6.45) is 1.91. The highest BCUT2D eigenvalue weighted by molar-refractivity contribution is 5.83. The number of carbonyl (C=O) groups is 2. The van der Waals surface area contributed by atoms with Gasteiger partial charge in [0.1, 0.15) is 5.82 Å². The van der Waals surface area contributed by atoms with Gasteiger partial charge in [0.15, 0.2) is 0 Å². The van der Waals surface area contributed by atoms with Crippen LogP contribution in [0.4, 0.5) is 4.79 Å². The van der Waals surface area contributed by atoms with Gasteiger partial charge < -0.3 is 24.6 Å². The number of hydrogen-bond acceptors (Lipinski definition) is 5. The molecule has 0 radical (unpaired) electrons. The summed E-state index contributed by atoms with van der Waals surface area (Å²) in [5, 5.41) is 23.7. The molecule has 41 heavy (non-hydrogen) atoms. The summed E-state index contributed by atoms with van der Waals surface area (Å²) in [5.41, 5.74) is 3.31. The number of nitriles is 1. The maximum atomic E-state index is 13.5. The number of methoxy groups -OCH3 is 1. The van der Waals surface area contributed by atoms with Gasteiger partial charge >= 0.3 is 6.09 Å². The Morgan fingerprint density at radius 1 is 1.17 bits per heavy atom. The Balaban J connectivity index is 1.33. The number of hydrogen-bond donors (Lipinski definition) is 2. The van der Waals surface area contributed by atoms with Crippen molar-refractivity contribution in [2.75, 3.05) is 26.8 Å². The average molecular weight is 554 g/mol. The molecule has 4 aromatic rings. The van der Waals surface area contributed by atoms with Crippen LogP contribution >= 0.6 is 0 Å². The number of carboxylic acid groups (broad SMARTS) is 1. The van der Waals surface area contributed by atoms with E-state index in [-0.39, 0.29) is 18.2 Å². The Morgan fingerprint density at radius 2 is 2.00 bits per heavy atom. The standard InChI is InChI=1S/C32H35N5O4/c1-41-15-5-14-37-29-18-23(20-33)10-12-28(29)35-31(37)26-8-4-13-36(21-26)30(38)19-27(34-32(39)40)17-22-9-11-24-6-2-3-7-25(24)16-22/h2-3,6-7,9-12,16,18,26-27,34H,4-5,8,13-15,17,19,21H2,1H3,(H,39,40)/t26-,27-/m1/s1. The molecular formula is C32H35N5O4. The SMILES string of the molecule is COCCCn1c([C@@H]2CCCN(C(=O)C[C@@H](Cc3ccc4ccccc4c3)NC(=O)O)C2)nc2ccc(C#N)cc21. The lowest BCUT2D eigenvalue weighted by Crippen LogP contribution is -2.44. The zero-order chi connectivity index (χ0) is 28.8. The van der Waals surface area contributed by atoms with E-state index in [0.29, 0.717) is 38.2 Å². The number of nitrogens with one attached hydrogen (secondary N) is 1. The Labute approximate surface area is 239 Å². The molecule has 1 aliphatic rings. The number of nitrogens with zero attached hydrogens (tertiary/aromatic N) is 4. The molecular weight excluding hydrogens is 518 g/mol. The number of likely N-dealkylation sites (tertiary alicyclic amines) is 1. The van der Waals surface area contributed by atoms with E-state index < -0.39 is 12.1 Å². The normalized spacial score (nSPS) is 16.0. The fourth-order valence-electron chi connectivity index (χ4n) is 5.88. The van der Waals surface area contributed by atoms with E-state index in [1.807, 2.05) is 53.4 Å². The molecule has 1 saturated heterocycles. The Hall–Kier alpha value is -4.42. The summed E-state index contributed by atoms with van der Waals surface area (Å²) in [4.78, 5) is 31.9. The summed E-state index contributed by atoms with van der Waals surface area (Å²) < 4.78 is 7.44. The average Bonchev–Trinajstić information content (AvgIpc) is 3.34. The Bertz CT molecular complexity index is 1590. The van der Waals surface area contributed by atoms with Crippen LogP contribution in [0, 0.1) is 11.3 Å². The molecule has 212 valence electrons. The lowest BCUT2D eigenvalue weighted by molar-refractivity contribution is -0.132. The molecule has 3 aromatic carbocycles. The first-order valence-corrected chi connectivity index (χ1v) is 14.1. The topological polar surface area (TPSA) is 120 Å². The second-order valence-corrected chi connectivity index (χ2v) is 10.7. The van der Waals surface area contributed by atoms with E-state index in [4.69, 9.17) is 9.72 Å². The van der Waals surface area contributed by atoms with Gasteiger partial charge in [-0.05, 0) is 60.2 Å². The van der Waals surface area contributed by atoms with Crippen molar-refractivity contribution < 1.29 is 19.4 Å². The van der Waals surface area contributed by atoms with E-state index in [1.54, 1.807) is 13.2 Å². The first kappa shape index (κ1) is 28.1. The second-order valence-electron chi connectivity index (χ2n) is 10.7. The minimum atomic E-state index is -1.14. The molecule has 0 spiro atoms. The van der Waals surface area contributed by atoms with Crippen molar-refractivity contribution >= 4 is 33.8 Å². The van der Waals surface area contributed by atoms with Gasteiger partial charge in [-0.1, -0.05) is 42.5 Å². The van der Waals surface area contributed by atoms with Crippen LogP contribution in [0.1, 0.15) is 48.6 Å². The maximum absolute atomic E-state index is 13.5. The van der Waals surface area contributed by atoms with Gasteiger partial charge in [0.05, 0.1) is 22.7 Å². The molecule has 0 saturated carbocycles. The highest BCUT2D eigenvalue weighted by Gasteiger charge is 2.30. The summed E-state index contributed by atoms with van der Waals surface area (Å²) in [6, 6.07) is 21.3. The van der Waals surface area contributed by atoms with Crippen LogP contribution in [0.2, 0.25) is 0 Å². The molecule has 0 bridgehead atoms. The van der Waals surface area contributed by atoms with E-state index in [0.717, 1.165) is 52.5 Å². The number of amides is 2. The summed E-state index contributed by atoms with van der Waals surface area (Å²) in [5.74, 6) is 0.891. The Kier molecular flexibility index (Phi) is 8.80. The number of rotatable bonds is 10. The number of piperidine rings is 1. The summed E-state index contributed by atoms with van der Waals surface area (Å²) in [6.45, 7) is 2.47. The van der Waals surface area contributed by atoms with Crippen molar-refractivity contribution in [3.8, 4) is 6.07 Å². The monoisotopic (exact) mass is 553 g/mol. The van der Waals surface area contributed by atoms with Crippen LogP contribution in [0.15, 0.2) is 60.7 Å². The molecule has 2 amide bonds. The van der Waals surface area contributed by atoms with Gasteiger partial charge in [-0.25, -0.2) is 9.78 Å². The van der Waals surface area contributed by atoms with Crippen molar-refractivity contribution in [3.05, 3.63) is 77.6 Å². The van der Waals surface area contributed by atoms with Crippen LogP contribution in [0.3, 0.4) is 0 Å². The molecule has 1 aliphatic heterocycles. The zero-order valence-corrected chi connectivity index (χ0v) is 23.3. The lowest BCUT2D eigenvalue weighted by atomic mass is 9.95. The molecule has 0 unspecified atom stereocenters. The van der Waals surface area contributed by atoms with E-state index in [9.17, 15) is 20.0 Å². The van der Waals surface area contributed by atoms with E-state index >= 15 is 0 Å². The molecule has 5 rings (SSSR count). The van der Waals surface area contributed by atoms with Gasteiger partial charge in [0.25, 0.3) is 0 Å². The quantitative estimate of drug-likeness (QED) is 0.265. The van der Waals surface area contributed by atoms with Crippen molar-refractivity contribution in [3.63, 3.8) is 0 Å². The zero-order valence-electron chi connectivity index (χ0n) is 23.3. The second kappa shape index (κ2) is 12.8. The smallest absolute Gasteiger partial charge is 0.404 e. The molecule has 9 heteroatoms. The van der Waals surface area contributed by atoms with E-state index in [1.165, 1.54) is 0 Å². The molecule has 1 aromatic heterocycles. The van der Waals surface area contributed by atoms with Gasteiger partial charge in [-0.15, -0.1) is 0 Å². The number of imidazole rings is 1. The van der Waals surface area contributed by atoms with Crippen molar-refractivity contribution in [2.45, 2.75) is 50.6 Å². The van der Waals surface area contributed by atoms with Crippen molar-refractivity contribution in [1.82, 2.24) is 19.8 Å². The largest absolute Gasteiger partial charge is 0.465 e. The van der Waals surface area contributed by atoms with Crippen LogP contribution in [0.25, 0.3) is 21.8 Å². The third-order valence-corrected chi connectivity index (χ3v) is 7.82. The Morgan fingerprint density at radius 3 is 2.78 bits per heavy atom. The minimum Gasteiger partial charge on any atom is -0.465 e. The van der Waals surface area contributed by atoms with Gasteiger partial charge in [-0.2, -0.15) is 5.26 Å². The third-order valence-electron chi connectivity index (χ3n) is 7.82. The maximum Gasteiger partial charge on any atom is 0.404 e. The highest BCUT2D eigenvalue weighted by Crippen LogP contribution is 2.31. The molecule has 1 fully saturated rings. The van der Waals surface area contributed by atoms with Crippen LogP contribution in [0.5, 0.6) is 0 Å². The summed E-state index contributed by atoms with van der Waals surface area (Å²) in [7, 11) is 1.68. The summed E-state index contributed by atoms with van der Waals surface area (Å²) >= 11 is 0. The predicted molar refractivity (Wildman–Crippen MR) is 157 cm³/mol. The molecule has 2 heterocycles. The van der Waals surface area contributed by atoms with Crippen molar-refractivity contribution in [2.24, 2.45) is 0 Å².